The summed E-state index contributed by atoms with van der Waals surface area (Å²) in [6.45, 7) is 3.31. The number of nitrogens with zero attached hydrogens (tertiary/aromatic N) is 2. The first-order chi connectivity index (χ1) is 14.5. The molecule has 2 N–H and O–H groups in total. The number of aromatic nitrogens is 2. The molecule has 1 fully saturated rings. The molecule has 0 unspecified atom stereocenters. The van der Waals surface area contributed by atoms with Crippen LogP contribution < -0.4 is 10.6 Å². The SMILES string of the molecule is CC(=O)Nc1cc(C(=O)Nc2cccc(-c3noc(C4CCCC4)n3)c2)ccc1C. The van der Waals surface area contributed by atoms with Crippen molar-refractivity contribution in [2.45, 2.75) is 45.4 Å². The van der Waals surface area contributed by atoms with Crippen LogP contribution in [0, 0.1) is 6.92 Å². The van der Waals surface area contributed by atoms with E-state index in [2.05, 4.69) is 20.8 Å². The van der Waals surface area contributed by atoms with Crippen molar-refractivity contribution in [2.75, 3.05) is 10.6 Å². The minimum atomic E-state index is -0.265. The number of carbonyl (C=O) groups excluding carboxylic acids is 2. The van der Waals surface area contributed by atoms with Crippen molar-refractivity contribution in [3.05, 3.63) is 59.5 Å². The lowest BCUT2D eigenvalue weighted by Crippen LogP contribution is -2.13. The van der Waals surface area contributed by atoms with Gasteiger partial charge in [-0.2, -0.15) is 4.98 Å². The standard InChI is InChI=1S/C23H24N4O3/c1-14-10-11-18(13-20(14)24-15(2)28)22(29)25-19-9-5-8-17(12-19)21-26-23(30-27-21)16-6-3-4-7-16/h5,8-13,16H,3-4,6-7H2,1-2H3,(H,24,28)(H,25,29). The van der Waals surface area contributed by atoms with Crippen molar-refractivity contribution in [2.24, 2.45) is 0 Å². The van der Waals surface area contributed by atoms with Gasteiger partial charge in [-0.25, -0.2) is 0 Å². The summed E-state index contributed by atoms with van der Waals surface area (Å²) in [6.07, 6.45) is 4.59. The fourth-order valence-corrected chi connectivity index (χ4v) is 3.72. The van der Waals surface area contributed by atoms with Gasteiger partial charge in [-0.1, -0.05) is 36.2 Å². The van der Waals surface area contributed by atoms with E-state index in [1.165, 1.54) is 19.8 Å². The largest absolute Gasteiger partial charge is 0.339 e. The lowest BCUT2D eigenvalue weighted by Gasteiger charge is -2.10. The predicted molar refractivity (Wildman–Crippen MR) is 114 cm³/mol. The van der Waals surface area contributed by atoms with E-state index in [-0.39, 0.29) is 11.8 Å². The average Bonchev–Trinajstić information content (AvgIpc) is 3.41. The molecule has 0 spiro atoms. The van der Waals surface area contributed by atoms with Crippen LogP contribution in [0.2, 0.25) is 0 Å². The average molecular weight is 404 g/mol. The molecule has 1 saturated carbocycles. The van der Waals surface area contributed by atoms with Crippen molar-refractivity contribution < 1.29 is 14.1 Å². The minimum absolute atomic E-state index is 0.180. The summed E-state index contributed by atoms with van der Waals surface area (Å²) in [4.78, 5) is 28.6. The molecule has 2 aromatic carbocycles. The van der Waals surface area contributed by atoms with Crippen LogP contribution in [0.3, 0.4) is 0 Å². The molecule has 154 valence electrons. The Balaban J connectivity index is 1.50. The van der Waals surface area contributed by atoms with Crippen LogP contribution in [-0.4, -0.2) is 22.0 Å². The zero-order valence-corrected chi connectivity index (χ0v) is 17.1. The molecule has 2 amide bonds. The van der Waals surface area contributed by atoms with E-state index in [4.69, 9.17) is 4.52 Å². The Labute approximate surface area is 174 Å². The van der Waals surface area contributed by atoms with Crippen LogP contribution in [0.25, 0.3) is 11.4 Å². The van der Waals surface area contributed by atoms with Crippen molar-refractivity contribution in [3.63, 3.8) is 0 Å². The highest BCUT2D eigenvalue weighted by atomic mass is 16.5. The number of anilines is 2. The lowest BCUT2D eigenvalue weighted by molar-refractivity contribution is -0.114. The highest BCUT2D eigenvalue weighted by Crippen LogP contribution is 2.34. The smallest absolute Gasteiger partial charge is 0.255 e. The number of rotatable bonds is 5. The second-order valence-corrected chi connectivity index (χ2v) is 7.68. The highest BCUT2D eigenvalue weighted by Gasteiger charge is 2.23. The summed E-state index contributed by atoms with van der Waals surface area (Å²) in [5, 5.41) is 9.75. The van der Waals surface area contributed by atoms with E-state index in [0.717, 1.165) is 24.0 Å². The van der Waals surface area contributed by atoms with Crippen LogP contribution in [-0.2, 0) is 4.79 Å². The van der Waals surface area contributed by atoms with Crippen LogP contribution >= 0.6 is 0 Å². The molecule has 0 aliphatic heterocycles. The van der Waals surface area contributed by atoms with Crippen molar-refractivity contribution in [3.8, 4) is 11.4 Å². The Morgan fingerprint density at radius 1 is 1.07 bits per heavy atom. The first-order valence-corrected chi connectivity index (χ1v) is 10.1. The van der Waals surface area contributed by atoms with E-state index in [1.807, 2.05) is 31.2 Å². The van der Waals surface area contributed by atoms with E-state index >= 15 is 0 Å². The molecule has 1 heterocycles. The van der Waals surface area contributed by atoms with Gasteiger partial charge in [-0.3, -0.25) is 9.59 Å². The number of benzene rings is 2. The third kappa shape index (κ3) is 4.40. The third-order valence-corrected chi connectivity index (χ3v) is 5.34. The number of nitrogens with one attached hydrogen (secondary N) is 2. The first kappa shape index (κ1) is 19.8. The van der Waals surface area contributed by atoms with Gasteiger partial charge in [-0.05, 0) is 49.6 Å². The number of aryl methyl sites for hydroxylation is 1. The summed E-state index contributed by atoms with van der Waals surface area (Å²) >= 11 is 0. The molecule has 0 atom stereocenters. The first-order valence-electron chi connectivity index (χ1n) is 10.1. The van der Waals surface area contributed by atoms with Crippen molar-refractivity contribution in [1.82, 2.24) is 10.1 Å². The Kier molecular flexibility index (Phi) is 5.61. The molecule has 1 aliphatic rings. The number of hydrogen-bond donors (Lipinski definition) is 2. The van der Waals surface area contributed by atoms with Gasteiger partial charge in [0, 0.05) is 35.3 Å². The van der Waals surface area contributed by atoms with Gasteiger partial charge in [0.25, 0.3) is 5.91 Å². The van der Waals surface area contributed by atoms with Gasteiger partial charge in [0.2, 0.25) is 17.6 Å². The van der Waals surface area contributed by atoms with Gasteiger partial charge in [0.15, 0.2) is 0 Å². The number of hydrogen-bond acceptors (Lipinski definition) is 5. The molecule has 1 aliphatic carbocycles. The fraction of sp³-hybridized carbons (Fsp3) is 0.304. The second kappa shape index (κ2) is 8.49. The summed E-state index contributed by atoms with van der Waals surface area (Å²) in [7, 11) is 0. The van der Waals surface area contributed by atoms with E-state index < -0.39 is 0 Å². The predicted octanol–water partition coefficient (Wildman–Crippen LogP) is 4.91. The maximum atomic E-state index is 12.7. The number of amides is 2. The van der Waals surface area contributed by atoms with Gasteiger partial charge in [-0.15, -0.1) is 0 Å². The molecule has 0 saturated heterocycles. The Morgan fingerprint density at radius 3 is 2.63 bits per heavy atom. The third-order valence-electron chi connectivity index (χ3n) is 5.34. The van der Waals surface area contributed by atoms with Crippen LogP contribution in [0.5, 0.6) is 0 Å². The molecule has 0 bridgehead atoms. The van der Waals surface area contributed by atoms with Crippen molar-refractivity contribution >= 4 is 23.2 Å². The number of carbonyl (C=O) groups is 2. The van der Waals surface area contributed by atoms with E-state index in [0.29, 0.717) is 34.6 Å². The Bertz CT molecular complexity index is 1080. The molecular formula is C23H24N4O3. The van der Waals surface area contributed by atoms with E-state index in [9.17, 15) is 9.59 Å². The molecule has 0 radical (unpaired) electrons. The Hall–Kier alpha value is -3.48. The van der Waals surface area contributed by atoms with Crippen LogP contribution in [0.4, 0.5) is 11.4 Å². The maximum Gasteiger partial charge on any atom is 0.255 e. The monoisotopic (exact) mass is 404 g/mol. The highest BCUT2D eigenvalue weighted by molar-refractivity contribution is 6.05. The maximum absolute atomic E-state index is 12.7. The fourth-order valence-electron chi connectivity index (χ4n) is 3.72. The molecule has 4 rings (SSSR count). The quantitative estimate of drug-likeness (QED) is 0.629. The minimum Gasteiger partial charge on any atom is -0.339 e. The molecule has 3 aromatic rings. The van der Waals surface area contributed by atoms with Crippen molar-refractivity contribution in [1.29, 1.82) is 0 Å². The topological polar surface area (TPSA) is 97.1 Å². The molecule has 7 nitrogen and oxygen atoms in total. The second-order valence-electron chi connectivity index (χ2n) is 7.68. The van der Waals surface area contributed by atoms with Crippen LogP contribution in [0.1, 0.15) is 60.3 Å². The molecule has 1 aromatic heterocycles. The van der Waals surface area contributed by atoms with Gasteiger partial charge < -0.3 is 15.2 Å². The summed E-state index contributed by atoms with van der Waals surface area (Å²) in [6, 6.07) is 12.6. The van der Waals surface area contributed by atoms with Gasteiger partial charge in [0.05, 0.1) is 0 Å². The zero-order chi connectivity index (χ0) is 21.1. The summed E-state index contributed by atoms with van der Waals surface area (Å²) in [5.41, 5.74) is 3.38. The summed E-state index contributed by atoms with van der Waals surface area (Å²) < 4.78 is 5.47. The molecule has 7 heteroatoms. The van der Waals surface area contributed by atoms with Crippen LogP contribution in [0.15, 0.2) is 47.0 Å². The summed E-state index contributed by atoms with van der Waals surface area (Å²) in [5.74, 6) is 1.13. The Morgan fingerprint density at radius 2 is 1.87 bits per heavy atom. The normalized spacial score (nSPS) is 13.9. The van der Waals surface area contributed by atoms with E-state index in [1.54, 1.807) is 18.2 Å². The van der Waals surface area contributed by atoms with Gasteiger partial charge >= 0.3 is 0 Å². The molecule has 30 heavy (non-hydrogen) atoms. The van der Waals surface area contributed by atoms with Gasteiger partial charge in [0.1, 0.15) is 0 Å². The zero-order valence-electron chi connectivity index (χ0n) is 17.1. The molecular weight excluding hydrogens is 380 g/mol. The lowest BCUT2D eigenvalue weighted by atomic mass is 10.1.